The van der Waals surface area contributed by atoms with Crippen molar-refractivity contribution in [2.75, 3.05) is 6.26 Å². The molecule has 2 N–H and O–H groups in total. The van der Waals surface area contributed by atoms with Gasteiger partial charge in [-0.15, -0.1) is 0 Å². The van der Waals surface area contributed by atoms with Crippen LogP contribution in [0.3, 0.4) is 0 Å². The first-order valence-corrected chi connectivity index (χ1v) is 7.76. The fourth-order valence-corrected chi connectivity index (χ4v) is 2.15. The van der Waals surface area contributed by atoms with Crippen molar-refractivity contribution in [2.45, 2.75) is 4.90 Å². The first-order valence-electron chi connectivity index (χ1n) is 5.46. The van der Waals surface area contributed by atoms with Crippen molar-refractivity contribution >= 4 is 27.0 Å². The molecule has 8 heteroatoms. The topological polar surface area (TPSA) is 95.2 Å². The van der Waals surface area contributed by atoms with Crippen molar-refractivity contribution in [2.24, 2.45) is 5.73 Å². The van der Waals surface area contributed by atoms with Gasteiger partial charge in [0.1, 0.15) is 16.4 Å². The summed E-state index contributed by atoms with van der Waals surface area (Å²) in [4.78, 5) is 8.27. The number of benzene rings is 1. The van der Waals surface area contributed by atoms with Crippen molar-refractivity contribution in [3.63, 3.8) is 0 Å². The van der Waals surface area contributed by atoms with Crippen LogP contribution < -0.4 is 10.5 Å². The zero-order valence-corrected chi connectivity index (χ0v) is 12.1. The largest absolute Gasteiger partial charge is 0.437 e. The molecule has 0 aliphatic heterocycles. The molecule has 1 heterocycles. The molecule has 0 spiro atoms. The van der Waals surface area contributed by atoms with Gasteiger partial charge in [0.2, 0.25) is 5.88 Å². The normalized spacial score (nSPS) is 11.1. The van der Waals surface area contributed by atoms with Crippen LogP contribution in [0.25, 0.3) is 0 Å². The highest BCUT2D eigenvalue weighted by Crippen LogP contribution is 2.22. The summed E-state index contributed by atoms with van der Waals surface area (Å²) in [6, 6.07) is 6.11. The second-order valence-corrected chi connectivity index (χ2v) is 6.41. The fourth-order valence-electron chi connectivity index (χ4n) is 1.39. The summed E-state index contributed by atoms with van der Waals surface area (Å²) in [6.45, 7) is 0. The summed E-state index contributed by atoms with van der Waals surface area (Å²) in [6.07, 6.45) is 3.88. The molecule has 2 aromatic rings. The van der Waals surface area contributed by atoms with E-state index >= 15 is 0 Å². The third-order valence-corrected chi connectivity index (χ3v) is 3.66. The Morgan fingerprint density at radius 1 is 1.30 bits per heavy atom. The maximum absolute atomic E-state index is 11.4. The number of rotatable bonds is 4. The van der Waals surface area contributed by atoms with Crippen molar-refractivity contribution in [3.8, 4) is 11.6 Å². The fraction of sp³-hybridized carbons (Fsp3) is 0.0833. The van der Waals surface area contributed by atoms with Crippen molar-refractivity contribution < 1.29 is 13.2 Å². The van der Waals surface area contributed by atoms with E-state index in [-0.39, 0.29) is 15.8 Å². The van der Waals surface area contributed by atoms with Crippen LogP contribution in [0.2, 0.25) is 0 Å². The maximum Gasteiger partial charge on any atom is 0.237 e. The van der Waals surface area contributed by atoms with E-state index < -0.39 is 9.84 Å². The second-order valence-electron chi connectivity index (χ2n) is 3.95. The predicted octanol–water partition coefficient (Wildman–Crippen LogP) is 1.31. The number of ether oxygens (including phenoxy) is 1. The molecule has 0 aliphatic rings. The van der Waals surface area contributed by atoms with Gasteiger partial charge in [0, 0.05) is 6.26 Å². The van der Waals surface area contributed by atoms with Crippen LogP contribution in [0.5, 0.6) is 11.6 Å². The molecule has 0 amide bonds. The molecule has 0 radical (unpaired) electrons. The van der Waals surface area contributed by atoms with Crippen LogP contribution >= 0.6 is 12.2 Å². The second kappa shape index (κ2) is 5.51. The smallest absolute Gasteiger partial charge is 0.237 e. The van der Waals surface area contributed by atoms with Gasteiger partial charge in [-0.2, -0.15) is 0 Å². The Balaban J connectivity index is 2.24. The van der Waals surface area contributed by atoms with E-state index in [1.54, 1.807) is 12.1 Å². The molecule has 104 valence electrons. The molecule has 0 saturated carbocycles. The molecule has 2 rings (SSSR count). The van der Waals surface area contributed by atoms with Gasteiger partial charge in [-0.25, -0.2) is 18.4 Å². The number of hydrogen-bond donors (Lipinski definition) is 1. The van der Waals surface area contributed by atoms with Gasteiger partial charge in [-0.3, -0.25) is 0 Å². The molecule has 1 aromatic carbocycles. The van der Waals surface area contributed by atoms with E-state index in [2.05, 4.69) is 9.97 Å². The van der Waals surface area contributed by atoms with Crippen LogP contribution in [0.4, 0.5) is 0 Å². The van der Waals surface area contributed by atoms with E-state index in [0.29, 0.717) is 11.4 Å². The Hall–Kier alpha value is -2.06. The van der Waals surface area contributed by atoms with Crippen LogP contribution in [-0.4, -0.2) is 29.6 Å². The first-order chi connectivity index (χ1) is 9.36. The minimum atomic E-state index is -3.29. The average Bonchev–Trinajstić information content (AvgIpc) is 2.38. The molecule has 0 fully saturated rings. The molecule has 20 heavy (non-hydrogen) atoms. The summed E-state index contributed by atoms with van der Waals surface area (Å²) >= 11 is 4.76. The summed E-state index contributed by atoms with van der Waals surface area (Å²) in [5.74, 6) is 0.570. The number of nitrogens with zero attached hydrogens (tertiary/aromatic N) is 2. The van der Waals surface area contributed by atoms with Crippen LogP contribution in [-0.2, 0) is 9.84 Å². The quantitative estimate of drug-likeness (QED) is 0.851. The molecule has 6 nitrogen and oxygen atoms in total. The third kappa shape index (κ3) is 3.49. The van der Waals surface area contributed by atoms with Crippen LogP contribution in [0, 0.1) is 0 Å². The zero-order chi connectivity index (χ0) is 14.8. The Morgan fingerprint density at radius 3 is 2.60 bits per heavy atom. The molecule has 0 atom stereocenters. The standard InChI is InChI=1S/C12H11N3O3S2/c1-20(16,17)9-4-2-3-8(5-9)18-11-7-14-10(6-15-11)12(13)19/h2-7H,1H3,(H2,13,19). The van der Waals surface area contributed by atoms with E-state index in [4.69, 9.17) is 22.7 Å². The third-order valence-electron chi connectivity index (χ3n) is 2.34. The van der Waals surface area contributed by atoms with Gasteiger partial charge in [-0.05, 0) is 18.2 Å². The maximum atomic E-state index is 11.4. The van der Waals surface area contributed by atoms with Crippen LogP contribution in [0.15, 0.2) is 41.6 Å². The van der Waals surface area contributed by atoms with Gasteiger partial charge in [0.25, 0.3) is 0 Å². The minimum Gasteiger partial charge on any atom is -0.437 e. The lowest BCUT2D eigenvalue weighted by atomic mass is 10.3. The molecule has 0 saturated heterocycles. The van der Waals surface area contributed by atoms with Gasteiger partial charge in [0.05, 0.1) is 17.3 Å². The lowest BCUT2D eigenvalue weighted by Crippen LogP contribution is -2.11. The summed E-state index contributed by atoms with van der Waals surface area (Å²) < 4.78 is 28.3. The number of sulfone groups is 1. The highest BCUT2D eigenvalue weighted by Gasteiger charge is 2.09. The Bertz CT molecular complexity index is 743. The van der Waals surface area contributed by atoms with Gasteiger partial charge in [-0.1, -0.05) is 18.3 Å². The summed E-state index contributed by atoms with van der Waals surface area (Å²) in [5, 5.41) is 0. The van der Waals surface area contributed by atoms with E-state index in [1.165, 1.54) is 24.5 Å². The number of aromatic nitrogens is 2. The summed E-state index contributed by atoms with van der Waals surface area (Å²) in [7, 11) is -3.29. The number of nitrogens with two attached hydrogens (primary N) is 1. The van der Waals surface area contributed by atoms with Crippen molar-refractivity contribution in [1.82, 2.24) is 9.97 Å². The Labute approximate surface area is 121 Å². The minimum absolute atomic E-state index is 0.142. The summed E-state index contributed by atoms with van der Waals surface area (Å²) in [5.41, 5.74) is 5.79. The Morgan fingerprint density at radius 2 is 2.05 bits per heavy atom. The molecular weight excluding hydrogens is 298 g/mol. The monoisotopic (exact) mass is 309 g/mol. The van der Waals surface area contributed by atoms with Gasteiger partial charge < -0.3 is 10.5 Å². The molecule has 1 aromatic heterocycles. The average molecular weight is 309 g/mol. The van der Waals surface area contributed by atoms with Crippen molar-refractivity contribution in [1.29, 1.82) is 0 Å². The lowest BCUT2D eigenvalue weighted by Gasteiger charge is -2.06. The molecule has 0 unspecified atom stereocenters. The molecular formula is C12H11N3O3S2. The lowest BCUT2D eigenvalue weighted by molar-refractivity contribution is 0.458. The predicted molar refractivity (Wildman–Crippen MR) is 77.5 cm³/mol. The van der Waals surface area contributed by atoms with Crippen LogP contribution in [0.1, 0.15) is 5.69 Å². The van der Waals surface area contributed by atoms with Gasteiger partial charge >= 0.3 is 0 Å². The van der Waals surface area contributed by atoms with E-state index in [9.17, 15) is 8.42 Å². The van der Waals surface area contributed by atoms with E-state index in [0.717, 1.165) is 6.26 Å². The zero-order valence-electron chi connectivity index (χ0n) is 10.5. The Kier molecular flexibility index (Phi) is 3.96. The highest BCUT2D eigenvalue weighted by molar-refractivity contribution is 7.90. The first kappa shape index (κ1) is 14.4. The highest BCUT2D eigenvalue weighted by atomic mass is 32.2. The number of hydrogen-bond acceptors (Lipinski definition) is 6. The molecule has 0 bridgehead atoms. The van der Waals surface area contributed by atoms with Crippen molar-refractivity contribution in [3.05, 3.63) is 42.4 Å². The SMILES string of the molecule is CS(=O)(=O)c1cccc(Oc2cnc(C(N)=S)cn2)c1. The molecule has 0 aliphatic carbocycles. The van der Waals surface area contributed by atoms with E-state index in [1.807, 2.05) is 0 Å². The van der Waals surface area contributed by atoms with Gasteiger partial charge in [0.15, 0.2) is 9.84 Å². The number of thiocarbonyl (C=S) groups is 1.